The highest BCUT2D eigenvalue weighted by Crippen LogP contribution is 2.28. The Morgan fingerprint density at radius 1 is 1.24 bits per heavy atom. The van der Waals surface area contributed by atoms with Gasteiger partial charge in [-0.15, -0.1) is 0 Å². The van der Waals surface area contributed by atoms with Gasteiger partial charge in [0.2, 0.25) is 5.91 Å². The maximum absolute atomic E-state index is 12.1. The van der Waals surface area contributed by atoms with Crippen molar-refractivity contribution >= 4 is 17.6 Å². The first-order valence-corrected chi connectivity index (χ1v) is 7.85. The van der Waals surface area contributed by atoms with Crippen molar-refractivity contribution in [1.82, 2.24) is 9.55 Å². The Morgan fingerprint density at radius 2 is 2.00 bits per heavy atom. The average molecular weight is 343 g/mol. The van der Waals surface area contributed by atoms with E-state index >= 15 is 0 Å². The quantitative estimate of drug-likeness (QED) is 0.823. The number of nitrogens with zero attached hydrogens (tertiary/aromatic N) is 2. The van der Waals surface area contributed by atoms with E-state index in [4.69, 9.17) is 4.74 Å². The highest BCUT2D eigenvalue weighted by molar-refractivity contribution is 5.96. The molecule has 0 radical (unpaired) electrons. The summed E-state index contributed by atoms with van der Waals surface area (Å²) in [6.07, 6.45) is 2.13. The van der Waals surface area contributed by atoms with Crippen LogP contribution >= 0.6 is 0 Å². The zero-order chi connectivity index (χ0) is 18.1. The Bertz CT molecular complexity index is 973. The number of H-pyrrole nitrogens is 1. The van der Waals surface area contributed by atoms with Crippen LogP contribution in [0.2, 0.25) is 0 Å². The maximum atomic E-state index is 12.1. The fourth-order valence-electron chi connectivity index (χ4n) is 2.81. The molecule has 2 aromatic rings. The minimum atomic E-state index is -0.791. The number of benzene rings is 1. The van der Waals surface area contributed by atoms with E-state index in [1.54, 1.807) is 37.1 Å². The molecule has 8 heteroatoms. The summed E-state index contributed by atoms with van der Waals surface area (Å²) in [5, 5.41) is 0. The molecular formula is C17H17N3O5. The van der Waals surface area contributed by atoms with Crippen molar-refractivity contribution in [1.29, 1.82) is 0 Å². The normalized spacial score (nSPS) is 13.5. The topological polar surface area (TPSA) is 101 Å². The molecule has 0 saturated carbocycles. The van der Waals surface area contributed by atoms with Crippen molar-refractivity contribution in [2.75, 3.05) is 18.6 Å². The molecule has 130 valence electrons. The van der Waals surface area contributed by atoms with Gasteiger partial charge in [-0.3, -0.25) is 19.1 Å². The molecule has 25 heavy (non-hydrogen) atoms. The summed E-state index contributed by atoms with van der Waals surface area (Å²) in [6.45, 7) is 1.75. The zero-order valence-corrected chi connectivity index (χ0v) is 13.9. The number of aromatic nitrogens is 2. The van der Waals surface area contributed by atoms with Crippen LogP contribution in [0.25, 0.3) is 5.69 Å². The minimum absolute atomic E-state index is 0.0334. The van der Waals surface area contributed by atoms with Gasteiger partial charge in [-0.2, -0.15) is 0 Å². The molecule has 1 N–H and O–H groups in total. The summed E-state index contributed by atoms with van der Waals surface area (Å²) < 4.78 is 6.02. The first kappa shape index (κ1) is 16.7. The number of hydrogen-bond acceptors (Lipinski definition) is 5. The van der Waals surface area contributed by atoms with E-state index in [0.29, 0.717) is 18.5 Å². The summed E-state index contributed by atoms with van der Waals surface area (Å²) in [5.74, 6) is -0.758. The van der Waals surface area contributed by atoms with Crippen molar-refractivity contribution in [2.45, 2.75) is 19.8 Å². The number of ether oxygens (including phenoxy) is 1. The van der Waals surface area contributed by atoms with E-state index in [9.17, 15) is 19.2 Å². The Hall–Kier alpha value is -3.16. The number of aromatic amines is 1. The van der Waals surface area contributed by atoms with Gasteiger partial charge in [0.1, 0.15) is 5.56 Å². The number of aryl methyl sites for hydroxylation is 1. The van der Waals surface area contributed by atoms with Gasteiger partial charge in [-0.05, 0) is 37.1 Å². The van der Waals surface area contributed by atoms with Gasteiger partial charge in [0.05, 0.1) is 12.3 Å². The second kappa shape index (κ2) is 6.39. The second-order valence-electron chi connectivity index (χ2n) is 5.66. The Kier molecular flexibility index (Phi) is 4.26. The van der Waals surface area contributed by atoms with Crippen LogP contribution in [0, 0.1) is 0 Å². The summed E-state index contributed by atoms with van der Waals surface area (Å²) >= 11 is 0. The van der Waals surface area contributed by atoms with Gasteiger partial charge < -0.3 is 9.64 Å². The number of rotatable bonds is 3. The summed E-state index contributed by atoms with van der Waals surface area (Å²) in [6, 6.07) is 5.17. The van der Waals surface area contributed by atoms with E-state index in [1.165, 1.54) is 10.8 Å². The predicted octanol–water partition coefficient (Wildman–Crippen LogP) is 0.611. The number of nitrogens with one attached hydrogen (secondary N) is 1. The van der Waals surface area contributed by atoms with Crippen molar-refractivity contribution < 1.29 is 14.3 Å². The standard InChI is InChI=1S/C17H17N3O5/c1-3-25-16(23)12-9-20(17(24)18-15(12)22)11-5-6-13-10(8-11)4-7-14(21)19(13)2/h5-6,8-9H,3-4,7H2,1-2H3,(H,18,22,24). The first-order valence-electron chi connectivity index (χ1n) is 7.85. The maximum Gasteiger partial charge on any atom is 0.345 e. The molecule has 8 nitrogen and oxygen atoms in total. The van der Waals surface area contributed by atoms with E-state index in [2.05, 4.69) is 4.98 Å². The molecule has 1 aromatic heterocycles. The lowest BCUT2D eigenvalue weighted by atomic mass is 10.0. The Balaban J connectivity index is 2.10. The number of carbonyl (C=O) groups is 2. The molecule has 1 aliphatic heterocycles. The zero-order valence-electron chi connectivity index (χ0n) is 13.9. The van der Waals surface area contributed by atoms with Crippen LogP contribution in [0.3, 0.4) is 0 Å². The number of esters is 1. The molecule has 2 heterocycles. The molecule has 0 atom stereocenters. The Morgan fingerprint density at radius 3 is 2.72 bits per heavy atom. The van der Waals surface area contributed by atoms with Gasteiger partial charge in [0.15, 0.2) is 0 Å². The number of fused-ring (bicyclic) bond motifs is 1. The summed E-state index contributed by atoms with van der Waals surface area (Å²) in [4.78, 5) is 51.3. The third-order valence-corrected chi connectivity index (χ3v) is 4.12. The van der Waals surface area contributed by atoms with Crippen LogP contribution < -0.4 is 16.1 Å². The van der Waals surface area contributed by atoms with Crippen LogP contribution in [-0.2, 0) is 16.0 Å². The van der Waals surface area contributed by atoms with Crippen molar-refractivity contribution in [3.05, 3.63) is 56.4 Å². The van der Waals surface area contributed by atoms with Gasteiger partial charge in [0, 0.05) is 25.4 Å². The largest absolute Gasteiger partial charge is 0.462 e. The fourth-order valence-corrected chi connectivity index (χ4v) is 2.81. The van der Waals surface area contributed by atoms with Crippen LogP contribution in [0.15, 0.2) is 34.0 Å². The van der Waals surface area contributed by atoms with Crippen molar-refractivity contribution in [2.24, 2.45) is 0 Å². The second-order valence-corrected chi connectivity index (χ2v) is 5.66. The molecule has 0 saturated heterocycles. The SMILES string of the molecule is CCOC(=O)c1cn(-c2ccc3c(c2)CCC(=O)N3C)c(=O)[nH]c1=O. The minimum Gasteiger partial charge on any atom is -0.462 e. The van der Waals surface area contributed by atoms with Gasteiger partial charge >= 0.3 is 11.7 Å². The van der Waals surface area contributed by atoms with Crippen LogP contribution in [0.5, 0.6) is 0 Å². The smallest absolute Gasteiger partial charge is 0.345 e. The van der Waals surface area contributed by atoms with E-state index in [-0.39, 0.29) is 18.1 Å². The number of carbonyl (C=O) groups excluding carboxylic acids is 2. The molecule has 0 fully saturated rings. The van der Waals surface area contributed by atoms with Crippen LogP contribution in [0.4, 0.5) is 5.69 Å². The average Bonchev–Trinajstić information content (AvgIpc) is 2.58. The van der Waals surface area contributed by atoms with Gasteiger partial charge in [-0.25, -0.2) is 9.59 Å². The molecular weight excluding hydrogens is 326 g/mol. The number of anilines is 1. The molecule has 0 aliphatic carbocycles. The van der Waals surface area contributed by atoms with Gasteiger partial charge in [0.25, 0.3) is 5.56 Å². The molecule has 1 aliphatic rings. The molecule has 0 bridgehead atoms. The first-order chi connectivity index (χ1) is 11.9. The third kappa shape index (κ3) is 2.98. The molecule has 1 amide bonds. The number of amides is 1. The van der Waals surface area contributed by atoms with Crippen molar-refractivity contribution in [3.63, 3.8) is 0 Å². The highest BCUT2D eigenvalue weighted by Gasteiger charge is 2.22. The van der Waals surface area contributed by atoms with Gasteiger partial charge in [-0.1, -0.05) is 0 Å². The molecule has 3 rings (SSSR count). The van der Waals surface area contributed by atoms with Crippen LogP contribution in [-0.4, -0.2) is 35.1 Å². The highest BCUT2D eigenvalue weighted by atomic mass is 16.5. The lowest BCUT2D eigenvalue weighted by Crippen LogP contribution is -2.34. The van der Waals surface area contributed by atoms with Crippen molar-refractivity contribution in [3.8, 4) is 5.69 Å². The lowest BCUT2D eigenvalue weighted by molar-refractivity contribution is -0.118. The number of hydrogen-bond donors (Lipinski definition) is 1. The predicted molar refractivity (Wildman–Crippen MR) is 90.3 cm³/mol. The Labute approximate surface area is 142 Å². The monoisotopic (exact) mass is 343 g/mol. The van der Waals surface area contributed by atoms with E-state index in [1.807, 2.05) is 0 Å². The molecule has 0 spiro atoms. The lowest BCUT2D eigenvalue weighted by Gasteiger charge is -2.26. The van der Waals surface area contributed by atoms with E-state index < -0.39 is 17.2 Å². The molecule has 1 aromatic carbocycles. The fraction of sp³-hybridized carbons (Fsp3) is 0.294. The van der Waals surface area contributed by atoms with Crippen LogP contribution in [0.1, 0.15) is 29.3 Å². The summed E-state index contributed by atoms with van der Waals surface area (Å²) in [7, 11) is 1.70. The molecule has 0 unspecified atom stereocenters. The third-order valence-electron chi connectivity index (χ3n) is 4.12. The summed E-state index contributed by atoms with van der Waals surface area (Å²) in [5.41, 5.74) is 0.500. The van der Waals surface area contributed by atoms with E-state index in [0.717, 1.165) is 11.3 Å².